The van der Waals surface area contributed by atoms with Crippen LogP contribution in [0.3, 0.4) is 0 Å². The second kappa shape index (κ2) is 8.08. The number of carbonyl (C=O) groups excluding carboxylic acids is 1. The molecule has 112 valence electrons. The van der Waals surface area contributed by atoms with Crippen molar-refractivity contribution in [3.05, 3.63) is 0 Å². The largest absolute Gasteiger partial charge is 0.366 e. The molecule has 0 aromatic rings. The van der Waals surface area contributed by atoms with Gasteiger partial charge in [-0.25, -0.2) is 0 Å². The maximum Gasteiger partial charge on any atom is 0.253 e. The molecule has 0 aliphatic carbocycles. The summed E-state index contributed by atoms with van der Waals surface area (Å²) in [6, 6.07) is 0.418. The fourth-order valence-electron chi connectivity index (χ4n) is 3.17. The van der Waals surface area contributed by atoms with E-state index in [2.05, 4.69) is 24.1 Å². The Morgan fingerprint density at radius 1 is 1.47 bits per heavy atom. The molecule has 1 amide bonds. The summed E-state index contributed by atoms with van der Waals surface area (Å²) in [4.78, 5) is 14.6. The maximum absolute atomic E-state index is 12.5. The van der Waals surface area contributed by atoms with Gasteiger partial charge in [-0.15, -0.1) is 12.4 Å². The van der Waals surface area contributed by atoms with E-state index >= 15 is 0 Å². The molecule has 1 N–H and O–H groups in total. The van der Waals surface area contributed by atoms with Crippen molar-refractivity contribution in [2.24, 2.45) is 5.92 Å². The van der Waals surface area contributed by atoms with Gasteiger partial charge >= 0.3 is 0 Å². The van der Waals surface area contributed by atoms with Gasteiger partial charge in [0.2, 0.25) is 0 Å². The summed E-state index contributed by atoms with van der Waals surface area (Å²) in [5.41, 5.74) is 0. The van der Waals surface area contributed by atoms with Crippen molar-refractivity contribution in [1.29, 1.82) is 0 Å². The van der Waals surface area contributed by atoms with Crippen molar-refractivity contribution in [1.82, 2.24) is 10.2 Å². The number of nitrogens with one attached hydrogen (secondary N) is 1. The van der Waals surface area contributed by atoms with Gasteiger partial charge in [0.25, 0.3) is 5.91 Å². The first-order chi connectivity index (χ1) is 8.74. The van der Waals surface area contributed by atoms with Crippen LogP contribution in [0, 0.1) is 5.92 Å². The molecular weight excluding hydrogens is 264 g/mol. The normalized spacial score (nSPS) is 31.7. The van der Waals surface area contributed by atoms with Crippen molar-refractivity contribution >= 4 is 18.3 Å². The lowest BCUT2D eigenvalue weighted by Gasteiger charge is -2.42. The molecule has 5 heteroatoms. The van der Waals surface area contributed by atoms with E-state index in [1.54, 1.807) is 0 Å². The molecule has 0 saturated carbocycles. The summed E-state index contributed by atoms with van der Waals surface area (Å²) in [5, 5.41) is 3.24. The van der Waals surface area contributed by atoms with E-state index in [1.807, 2.05) is 0 Å². The number of hydrogen-bond donors (Lipinski definition) is 1. The smallest absolute Gasteiger partial charge is 0.253 e. The molecule has 2 heterocycles. The Bertz CT molecular complexity index is 283. The highest BCUT2D eigenvalue weighted by molar-refractivity contribution is 5.85. The van der Waals surface area contributed by atoms with Crippen LogP contribution in [-0.4, -0.2) is 49.2 Å². The minimum absolute atomic E-state index is 0. The SMILES string of the molecule is CCCC1C(C)CCCN1C(=O)C1CNCCO1.Cl. The summed E-state index contributed by atoms with van der Waals surface area (Å²) in [6.07, 6.45) is 4.38. The van der Waals surface area contributed by atoms with Crippen LogP contribution in [0.5, 0.6) is 0 Å². The van der Waals surface area contributed by atoms with Crippen LogP contribution in [0.2, 0.25) is 0 Å². The van der Waals surface area contributed by atoms with Crippen LogP contribution in [-0.2, 0) is 9.53 Å². The molecule has 2 fully saturated rings. The van der Waals surface area contributed by atoms with Crippen LogP contribution < -0.4 is 5.32 Å². The van der Waals surface area contributed by atoms with Crippen molar-refractivity contribution < 1.29 is 9.53 Å². The lowest BCUT2D eigenvalue weighted by atomic mass is 9.87. The van der Waals surface area contributed by atoms with Crippen LogP contribution >= 0.6 is 12.4 Å². The Hall–Kier alpha value is -0.320. The highest BCUT2D eigenvalue weighted by atomic mass is 35.5. The molecule has 2 aliphatic rings. The predicted octanol–water partition coefficient (Wildman–Crippen LogP) is 1.82. The number of amides is 1. The fourth-order valence-corrected chi connectivity index (χ4v) is 3.17. The average molecular weight is 291 g/mol. The number of piperidine rings is 1. The number of halogens is 1. The molecule has 0 aromatic heterocycles. The quantitative estimate of drug-likeness (QED) is 0.862. The summed E-state index contributed by atoms with van der Waals surface area (Å²) in [6.45, 7) is 7.56. The van der Waals surface area contributed by atoms with E-state index < -0.39 is 0 Å². The molecule has 19 heavy (non-hydrogen) atoms. The summed E-state index contributed by atoms with van der Waals surface area (Å²) in [5.74, 6) is 0.825. The van der Waals surface area contributed by atoms with Crippen LogP contribution in [0.4, 0.5) is 0 Å². The van der Waals surface area contributed by atoms with E-state index in [1.165, 1.54) is 6.42 Å². The van der Waals surface area contributed by atoms with E-state index in [0.29, 0.717) is 25.1 Å². The highest BCUT2D eigenvalue weighted by Gasteiger charge is 2.35. The van der Waals surface area contributed by atoms with Crippen molar-refractivity contribution in [2.45, 2.75) is 51.7 Å². The van der Waals surface area contributed by atoms with Crippen LogP contribution in [0.1, 0.15) is 39.5 Å². The Kier molecular flexibility index (Phi) is 7.11. The van der Waals surface area contributed by atoms with Crippen molar-refractivity contribution in [3.8, 4) is 0 Å². The average Bonchev–Trinajstić information content (AvgIpc) is 2.41. The molecule has 0 bridgehead atoms. The molecule has 0 aromatic carbocycles. The number of rotatable bonds is 3. The van der Waals surface area contributed by atoms with Crippen LogP contribution in [0.15, 0.2) is 0 Å². The third kappa shape index (κ3) is 4.07. The van der Waals surface area contributed by atoms with Gasteiger partial charge in [0, 0.05) is 25.7 Å². The van der Waals surface area contributed by atoms with E-state index in [9.17, 15) is 4.79 Å². The molecule has 3 atom stereocenters. The number of carbonyl (C=O) groups is 1. The van der Waals surface area contributed by atoms with Gasteiger partial charge in [0.05, 0.1) is 6.61 Å². The molecular formula is C14H27ClN2O2. The second-order valence-corrected chi connectivity index (χ2v) is 5.57. The number of ether oxygens (including phenoxy) is 1. The zero-order valence-corrected chi connectivity index (χ0v) is 12.9. The van der Waals surface area contributed by atoms with E-state index in [-0.39, 0.29) is 24.4 Å². The van der Waals surface area contributed by atoms with Gasteiger partial charge in [0.1, 0.15) is 6.10 Å². The van der Waals surface area contributed by atoms with Crippen molar-refractivity contribution in [2.75, 3.05) is 26.2 Å². The molecule has 2 saturated heterocycles. The first-order valence-electron chi connectivity index (χ1n) is 7.36. The Morgan fingerprint density at radius 3 is 2.89 bits per heavy atom. The Morgan fingerprint density at radius 2 is 2.26 bits per heavy atom. The standard InChI is InChI=1S/C14H26N2O2.ClH/c1-3-5-12-11(2)6-4-8-16(12)14(17)13-10-15-7-9-18-13;/h11-13,15H,3-10H2,1-2H3;1H. The molecule has 2 aliphatic heterocycles. The molecule has 0 radical (unpaired) electrons. The Balaban J connectivity index is 0.00000180. The van der Waals surface area contributed by atoms with E-state index in [0.717, 1.165) is 32.4 Å². The Labute approximate surface area is 122 Å². The third-order valence-corrected chi connectivity index (χ3v) is 4.19. The minimum Gasteiger partial charge on any atom is -0.366 e. The molecule has 2 rings (SSSR count). The summed E-state index contributed by atoms with van der Waals surface area (Å²) < 4.78 is 5.60. The minimum atomic E-state index is -0.261. The van der Waals surface area contributed by atoms with Gasteiger partial charge < -0.3 is 15.0 Å². The number of likely N-dealkylation sites (tertiary alicyclic amines) is 1. The zero-order chi connectivity index (χ0) is 13.0. The predicted molar refractivity (Wildman–Crippen MR) is 78.7 cm³/mol. The van der Waals surface area contributed by atoms with Crippen LogP contribution in [0.25, 0.3) is 0 Å². The first-order valence-corrected chi connectivity index (χ1v) is 7.36. The fraction of sp³-hybridized carbons (Fsp3) is 0.929. The molecule has 4 nitrogen and oxygen atoms in total. The number of nitrogens with zero attached hydrogens (tertiary/aromatic N) is 1. The lowest BCUT2D eigenvalue weighted by molar-refractivity contribution is -0.150. The first kappa shape index (κ1) is 16.7. The molecule has 0 spiro atoms. The number of hydrogen-bond acceptors (Lipinski definition) is 3. The van der Waals surface area contributed by atoms with Gasteiger partial charge in [-0.3, -0.25) is 4.79 Å². The third-order valence-electron chi connectivity index (χ3n) is 4.19. The van der Waals surface area contributed by atoms with Gasteiger partial charge in [-0.2, -0.15) is 0 Å². The van der Waals surface area contributed by atoms with Crippen molar-refractivity contribution in [3.63, 3.8) is 0 Å². The van der Waals surface area contributed by atoms with Gasteiger partial charge in [-0.1, -0.05) is 20.3 Å². The summed E-state index contributed by atoms with van der Waals surface area (Å²) in [7, 11) is 0. The lowest BCUT2D eigenvalue weighted by Crippen LogP contribution is -2.55. The molecule has 3 unspecified atom stereocenters. The summed E-state index contributed by atoms with van der Waals surface area (Å²) >= 11 is 0. The van der Waals surface area contributed by atoms with E-state index in [4.69, 9.17) is 4.74 Å². The topological polar surface area (TPSA) is 41.6 Å². The maximum atomic E-state index is 12.5. The highest BCUT2D eigenvalue weighted by Crippen LogP contribution is 2.27. The monoisotopic (exact) mass is 290 g/mol. The second-order valence-electron chi connectivity index (χ2n) is 5.57. The van der Waals surface area contributed by atoms with Gasteiger partial charge in [-0.05, 0) is 25.2 Å². The van der Waals surface area contributed by atoms with Gasteiger partial charge in [0.15, 0.2) is 0 Å². The number of morpholine rings is 1. The zero-order valence-electron chi connectivity index (χ0n) is 12.1.